The van der Waals surface area contributed by atoms with Crippen molar-refractivity contribution in [2.75, 3.05) is 0 Å². The van der Waals surface area contributed by atoms with E-state index in [4.69, 9.17) is 10.2 Å². The second-order valence-electron chi connectivity index (χ2n) is 3.95. The lowest BCUT2D eigenvalue weighted by molar-refractivity contribution is -0.274. The first-order chi connectivity index (χ1) is 9.35. The lowest BCUT2D eigenvalue weighted by atomic mass is 10.3. The van der Waals surface area contributed by atoms with E-state index >= 15 is 0 Å². The number of halogens is 3. The smallest absolute Gasteiger partial charge is 0.404 e. The van der Waals surface area contributed by atoms with Crippen molar-refractivity contribution in [2.24, 2.45) is 0 Å². The van der Waals surface area contributed by atoms with Gasteiger partial charge < -0.3 is 14.9 Å². The molecule has 0 saturated carbocycles. The van der Waals surface area contributed by atoms with Gasteiger partial charge in [0.1, 0.15) is 11.4 Å². The molecule has 3 aromatic rings. The van der Waals surface area contributed by atoms with Gasteiger partial charge in [0.2, 0.25) is 0 Å². The minimum absolute atomic E-state index is 0.0280. The van der Waals surface area contributed by atoms with E-state index in [1.807, 2.05) is 0 Å². The first kappa shape index (κ1) is 13.2. The fourth-order valence-electron chi connectivity index (χ4n) is 1.84. The average Bonchev–Trinajstić information content (AvgIpc) is 2.85. The number of imidazole rings is 1. The van der Waals surface area contributed by atoms with Crippen molar-refractivity contribution in [1.82, 2.24) is 9.38 Å². The Morgan fingerprint density at radius 3 is 2.70 bits per heavy atom. The summed E-state index contributed by atoms with van der Waals surface area (Å²) in [6.45, 7) is 0. The molecule has 0 aliphatic rings. The molecule has 0 amide bonds. The molecule has 0 aliphatic carbocycles. The van der Waals surface area contributed by atoms with Gasteiger partial charge in [-0.2, -0.15) is 0 Å². The maximum atomic E-state index is 12.3. The summed E-state index contributed by atoms with van der Waals surface area (Å²) >= 11 is 0.972. The Bertz CT molecular complexity index is 778. The van der Waals surface area contributed by atoms with Gasteiger partial charge in [-0.05, 0) is 12.1 Å². The molecule has 2 heterocycles. The van der Waals surface area contributed by atoms with Crippen LogP contribution in [0.25, 0.3) is 15.2 Å². The molecule has 2 N–H and O–H groups in total. The van der Waals surface area contributed by atoms with Gasteiger partial charge in [-0.1, -0.05) is 17.4 Å². The number of alkyl halides is 3. The predicted molar refractivity (Wildman–Crippen MR) is 64.4 cm³/mol. The van der Waals surface area contributed by atoms with Gasteiger partial charge in [-0.25, -0.2) is 4.98 Å². The minimum atomic E-state index is -4.77. The second-order valence-corrected chi connectivity index (χ2v) is 4.92. The summed E-state index contributed by atoms with van der Waals surface area (Å²) in [5.74, 6) is -0.309. The molecule has 3 rings (SSSR count). The number of aliphatic hydroxyl groups is 2. The Labute approximate surface area is 113 Å². The Morgan fingerprint density at radius 1 is 1.30 bits per heavy atom. The van der Waals surface area contributed by atoms with Crippen molar-refractivity contribution >= 4 is 26.5 Å². The van der Waals surface area contributed by atoms with Crippen LogP contribution in [0.2, 0.25) is 0 Å². The third-order valence-electron chi connectivity index (χ3n) is 2.59. The maximum absolute atomic E-state index is 12.3. The van der Waals surface area contributed by atoms with Crippen molar-refractivity contribution in [1.29, 1.82) is 0 Å². The molecule has 0 aliphatic heterocycles. The first-order valence-electron chi connectivity index (χ1n) is 5.37. The zero-order valence-electron chi connectivity index (χ0n) is 9.63. The summed E-state index contributed by atoms with van der Waals surface area (Å²) < 4.78 is 42.7. The molecule has 2 aromatic heterocycles. The molecule has 1 aromatic carbocycles. The van der Waals surface area contributed by atoms with Gasteiger partial charge in [0.05, 0.1) is 10.2 Å². The van der Waals surface area contributed by atoms with Crippen molar-refractivity contribution in [3.8, 4) is 5.75 Å². The number of aliphatic hydroxyl groups excluding tert-OH is 1. The summed E-state index contributed by atoms with van der Waals surface area (Å²) in [6, 6.07) is 4.23. The van der Waals surface area contributed by atoms with E-state index < -0.39 is 12.7 Å². The van der Waals surface area contributed by atoms with Crippen LogP contribution in [0.15, 0.2) is 24.4 Å². The Balaban J connectivity index is 2.19. The van der Waals surface area contributed by atoms with E-state index in [9.17, 15) is 13.2 Å². The van der Waals surface area contributed by atoms with Gasteiger partial charge in [0, 0.05) is 6.20 Å². The molecule has 0 spiro atoms. The highest BCUT2D eigenvalue weighted by molar-refractivity contribution is 7.24. The first-order valence-corrected chi connectivity index (χ1v) is 6.19. The largest absolute Gasteiger partial charge is 0.573 e. The number of hydrogen-bond acceptors (Lipinski definition) is 5. The molecule has 106 valence electrons. The van der Waals surface area contributed by atoms with E-state index in [0.717, 1.165) is 11.3 Å². The summed E-state index contributed by atoms with van der Waals surface area (Å²) in [5.41, 5.74) is 0.478. The number of rotatable bonds is 2. The number of thiazole rings is 1. The zero-order valence-corrected chi connectivity index (χ0v) is 10.4. The molecule has 0 atom stereocenters. The van der Waals surface area contributed by atoms with Crippen LogP contribution in [0, 0.1) is 0 Å². The van der Waals surface area contributed by atoms with Gasteiger partial charge in [-0.3, -0.25) is 4.40 Å². The van der Waals surface area contributed by atoms with E-state index in [0.29, 0.717) is 10.5 Å². The van der Waals surface area contributed by atoms with Crippen LogP contribution in [0.1, 0.15) is 12.0 Å². The monoisotopic (exact) mass is 304 g/mol. The van der Waals surface area contributed by atoms with Crippen LogP contribution in [0.4, 0.5) is 13.2 Å². The molecular formula is C11H7F3N2O3S. The predicted octanol–water partition coefficient (Wildman–Crippen LogP) is 2.43. The van der Waals surface area contributed by atoms with Crippen molar-refractivity contribution in [3.05, 3.63) is 30.1 Å². The standard InChI is InChI=1S/C11H7F3N2O3S/c12-11(13,14)19-7-3-1-2-6-8(7)20-10-15-5(9(17)18)4-16(6)10/h1-4,9,17-18H. The van der Waals surface area contributed by atoms with Crippen LogP contribution < -0.4 is 4.74 Å². The van der Waals surface area contributed by atoms with Crippen LogP contribution in [-0.4, -0.2) is 26.0 Å². The normalized spacial score (nSPS) is 12.7. The van der Waals surface area contributed by atoms with Gasteiger partial charge in [-0.15, -0.1) is 13.2 Å². The van der Waals surface area contributed by atoms with Gasteiger partial charge >= 0.3 is 6.36 Å². The van der Waals surface area contributed by atoms with Crippen molar-refractivity contribution in [3.63, 3.8) is 0 Å². The van der Waals surface area contributed by atoms with Crippen LogP contribution >= 0.6 is 11.3 Å². The fraction of sp³-hybridized carbons (Fsp3) is 0.182. The molecule has 0 saturated heterocycles. The molecular weight excluding hydrogens is 297 g/mol. The van der Waals surface area contributed by atoms with E-state index in [-0.39, 0.29) is 16.1 Å². The maximum Gasteiger partial charge on any atom is 0.573 e. The molecule has 0 bridgehead atoms. The van der Waals surface area contributed by atoms with E-state index in [1.54, 1.807) is 6.07 Å². The Kier molecular flexibility index (Phi) is 2.85. The second kappa shape index (κ2) is 4.33. The minimum Gasteiger partial charge on any atom is -0.404 e. The van der Waals surface area contributed by atoms with Crippen molar-refractivity contribution < 1.29 is 28.1 Å². The average molecular weight is 304 g/mol. The lowest BCUT2D eigenvalue weighted by Crippen LogP contribution is -2.17. The number of aromatic nitrogens is 2. The summed E-state index contributed by atoms with van der Waals surface area (Å²) in [5, 5.41) is 18.1. The number of fused-ring (bicyclic) bond motifs is 3. The summed E-state index contributed by atoms with van der Waals surface area (Å²) in [7, 11) is 0. The Morgan fingerprint density at radius 2 is 2.05 bits per heavy atom. The third kappa shape index (κ3) is 2.19. The Hall–Kier alpha value is -1.84. The van der Waals surface area contributed by atoms with Crippen molar-refractivity contribution in [2.45, 2.75) is 12.7 Å². The third-order valence-corrected chi connectivity index (χ3v) is 3.68. The van der Waals surface area contributed by atoms with Crippen LogP contribution in [0.5, 0.6) is 5.75 Å². The van der Waals surface area contributed by atoms with E-state index in [2.05, 4.69) is 9.72 Å². The number of ether oxygens (including phenoxy) is 1. The molecule has 9 heteroatoms. The molecule has 20 heavy (non-hydrogen) atoms. The SMILES string of the molecule is OC(O)c1cn2c(n1)sc1c(OC(F)(F)F)cccc12. The lowest BCUT2D eigenvalue weighted by Gasteiger charge is -2.08. The molecule has 5 nitrogen and oxygen atoms in total. The molecule has 0 unspecified atom stereocenters. The zero-order chi connectivity index (χ0) is 14.5. The van der Waals surface area contributed by atoms with Crippen LogP contribution in [0.3, 0.4) is 0 Å². The quantitative estimate of drug-likeness (QED) is 0.714. The highest BCUT2D eigenvalue weighted by atomic mass is 32.1. The number of benzene rings is 1. The fourth-order valence-corrected chi connectivity index (χ4v) is 2.91. The summed E-state index contributed by atoms with van der Waals surface area (Å²) in [4.78, 5) is 4.28. The van der Waals surface area contributed by atoms with Gasteiger partial charge in [0.15, 0.2) is 11.3 Å². The highest BCUT2D eigenvalue weighted by Gasteiger charge is 2.32. The number of nitrogens with zero attached hydrogens (tertiary/aromatic N) is 2. The molecule has 0 radical (unpaired) electrons. The number of hydrogen-bond donors (Lipinski definition) is 2. The van der Waals surface area contributed by atoms with Gasteiger partial charge in [0.25, 0.3) is 0 Å². The van der Waals surface area contributed by atoms with Crippen LogP contribution in [-0.2, 0) is 0 Å². The summed E-state index contributed by atoms with van der Waals surface area (Å²) in [6.07, 6.45) is -5.14. The topological polar surface area (TPSA) is 67.0 Å². The molecule has 0 fully saturated rings. The van der Waals surface area contributed by atoms with E-state index in [1.165, 1.54) is 22.7 Å². The highest BCUT2D eigenvalue weighted by Crippen LogP contribution is 2.36.